The van der Waals surface area contributed by atoms with E-state index in [2.05, 4.69) is 6.07 Å². The number of hydrogen-bond acceptors (Lipinski definition) is 1. The minimum Gasteiger partial charge on any atom is -0.207 e. The van der Waals surface area contributed by atoms with Crippen LogP contribution in [0.15, 0.2) is 23.8 Å². The van der Waals surface area contributed by atoms with E-state index in [4.69, 9.17) is 16.9 Å². The molecule has 3 heteroatoms. The van der Waals surface area contributed by atoms with Crippen molar-refractivity contribution in [2.75, 3.05) is 0 Å². The molecule has 0 N–H and O–H groups in total. The van der Waals surface area contributed by atoms with E-state index in [1.165, 1.54) is 12.1 Å². The Hall–Kier alpha value is -1.33. The number of aryl methyl sites for hydroxylation is 1. The third-order valence-corrected chi connectivity index (χ3v) is 2.76. The average molecular weight is 238 g/mol. The molecule has 0 saturated carbocycles. The Morgan fingerprint density at radius 2 is 2.19 bits per heavy atom. The van der Waals surface area contributed by atoms with Crippen molar-refractivity contribution in [1.29, 1.82) is 5.26 Å². The highest BCUT2D eigenvalue weighted by atomic mass is 35.5. The fourth-order valence-corrected chi connectivity index (χ4v) is 1.85. The van der Waals surface area contributed by atoms with Crippen LogP contribution in [0.4, 0.5) is 4.39 Å². The molecule has 1 aromatic carbocycles. The molecule has 16 heavy (non-hydrogen) atoms. The first-order valence-corrected chi connectivity index (χ1v) is 5.53. The van der Waals surface area contributed by atoms with E-state index < -0.39 is 0 Å². The number of hydrogen-bond donors (Lipinski definition) is 0. The van der Waals surface area contributed by atoms with Crippen LogP contribution in [-0.4, -0.2) is 0 Å². The lowest BCUT2D eigenvalue weighted by Gasteiger charge is -2.06. The molecule has 1 aromatic rings. The van der Waals surface area contributed by atoms with E-state index in [1.54, 1.807) is 13.0 Å². The quantitative estimate of drug-likeness (QED) is 0.715. The number of rotatable bonds is 3. The van der Waals surface area contributed by atoms with Crippen LogP contribution in [0.25, 0.3) is 5.03 Å². The lowest BCUT2D eigenvalue weighted by Crippen LogP contribution is -1.90. The van der Waals surface area contributed by atoms with Crippen LogP contribution in [0.1, 0.15) is 30.9 Å². The summed E-state index contributed by atoms with van der Waals surface area (Å²) in [5.74, 6) is -0.292. The normalized spacial score (nSPS) is 11.9. The monoisotopic (exact) mass is 237 g/mol. The van der Waals surface area contributed by atoms with Gasteiger partial charge in [-0.05, 0) is 36.6 Å². The number of halogens is 2. The van der Waals surface area contributed by atoms with Gasteiger partial charge in [-0.25, -0.2) is 4.39 Å². The topological polar surface area (TPSA) is 23.8 Å². The predicted octanol–water partition coefficient (Wildman–Crippen LogP) is 4.41. The van der Waals surface area contributed by atoms with Gasteiger partial charge in [0, 0.05) is 5.57 Å². The Kier molecular flexibility index (Phi) is 4.52. The van der Waals surface area contributed by atoms with Crippen LogP contribution in [0.3, 0.4) is 0 Å². The molecule has 0 aromatic heterocycles. The molecule has 0 unspecified atom stereocenters. The molecule has 0 heterocycles. The minimum atomic E-state index is -0.292. The summed E-state index contributed by atoms with van der Waals surface area (Å²) in [6.07, 6.45) is 1.51. The van der Waals surface area contributed by atoms with Gasteiger partial charge in [0.2, 0.25) is 0 Å². The second kappa shape index (κ2) is 5.67. The summed E-state index contributed by atoms with van der Waals surface area (Å²) in [4.78, 5) is 0. The minimum absolute atomic E-state index is 0.292. The zero-order chi connectivity index (χ0) is 12.1. The summed E-state index contributed by atoms with van der Waals surface area (Å²) in [6, 6.07) is 6.48. The molecule has 0 aliphatic heterocycles. The van der Waals surface area contributed by atoms with Gasteiger partial charge in [0.05, 0.1) is 11.1 Å². The summed E-state index contributed by atoms with van der Waals surface area (Å²) in [5.41, 5.74) is 2.03. The third kappa shape index (κ3) is 2.84. The molecule has 0 amide bonds. The maximum Gasteiger partial charge on any atom is 0.123 e. The Bertz CT molecular complexity index is 457. The van der Waals surface area contributed by atoms with Gasteiger partial charge in [-0.3, -0.25) is 0 Å². The van der Waals surface area contributed by atoms with Crippen LogP contribution in [0.2, 0.25) is 0 Å². The Morgan fingerprint density at radius 1 is 1.50 bits per heavy atom. The Balaban J connectivity index is 3.22. The van der Waals surface area contributed by atoms with Crippen LogP contribution < -0.4 is 0 Å². The largest absolute Gasteiger partial charge is 0.207 e. The van der Waals surface area contributed by atoms with Gasteiger partial charge >= 0.3 is 0 Å². The Labute approximate surface area is 100 Å². The summed E-state index contributed by atoms with van der Waals surface area (Å²) >= 11 is 6.14. The van der Waals surface area contributed by atoms with E-state index in [-0.39, 0.29) is 5.82 Å². The first-order chi connectivity index (χ1) is 7.60. The molecular formula is C13H13ClFN. The molecule has 0 bridgehead atoms. The van der Waals surface area contributed by atoms with Crippen LogP contribution in [0, 0.1) is 24.1 Å². The van der Waals surface area contributed by atoms with Gasteiger partial charge < -0.3 is 0 Å². The van der Waals surface area contributed by atoms with E-state index in [1.807, 2.05) is 6.92 Å². The molecular weight excluding hydrogens is 225 g/mol. The van der Waals surface area contributed by atoms with Crippen molar-refractivity contribution in [2.45, 2.75) is 26.7 Å². The van der Waals surface area contributed by atoms with Crippen LogP contribution >= 0.6 is 11.6 Å². The van der Waals surface area contributed by atoms with Gasteiger partial charge in [-0.1, -0.05) is 31.0 Å². The molecule has 84 valence electrons. The number of nitriles is 1. The molecule has 0 aliphatic carbocycles. The first-order valence-electron chi connectivity index (χ1n) is 5.15. The molecule has 0 atom stereocenters. The van der Waals surface area contributed by atoms with Crippen LogP contribution in [0.5, 0.6) is 0 Å². The fraction of sp³-hybridized carbons (Fsp3) is 0.308. The van der Waals surface area contributed by atoms with Crippen molar-refractivity contribution < 1.29 is 4.39 Å². The molecule has 0 spiro atoms. The predicted molar refractivity (Wildman–Crippen MR) is 64.4 cm³/mol. The van der Waals surface area contributed by atoms with E-state index >= 15 is 0 Å². The zero-order valence-corrected chi connectivity index (χ0v) is 10.1. The maximum absolute atomic E-state index is 12.9. The highest BCUT2D eigenvalue weighted by Gasteiger charge is 2.09. The van der Waals surface area contributed by atoms with Crippen molar-refractivity contribution in [3.63, 3.8) is 0 Å². The van der Waals surface area contributed by atoms with Crippen molar-refractivity contribution in [2.24, 2.45) is 0 Å². The molecule has 0 saturated heterocycles. The SMILES string of the molecule is CCC/C(C#N)=C(/Cl)c1ccc(F)cc1C. The zero-order valence-electron chi connectivity index (χ0n) is 9.35. The van der Waals surface area contributed by atoms with E-state index in [0.29, 0.717) is 17.0 Å². The van der Waals surface area contributed by atoms with Crippen LogP contribution in [-0.2, 0) is 0 Å². The number of allylic oxidation sites excluding steroid dienone is 1. The Morgan fingerprint density at radius 3 is 2.69 bits per heavy atom. The van der Waals surface area contributed by atoms with Crippen molar-refractivity contribution >= 4 is 16.6 Å². The van der Waals surface area contributed by atoms with Gasteiger partial charge in [0.1, 0.15) is 5.82 Å². The molecule has 1 nitrogen and oxygen atoms in total. The number of nitrogens with zero attached hydrogens (tertiary/aromatic N) is 1. The van der Waals surface area contributed by atoms with Crippen molar-refractivity contribution in [3.8, 4) is 6.07 Å². The maximum atomic E-state index is 12.9. The van der Waals surface area contributed by atoms with E-state index in [0.717, 1.165) is 17.5 Å². The van der Waals surface area contributed by atoms with Gasteiger partial charge in [-0.15, -0.1) is 0 Å². The fourth-order valence-electron chi connectivity index (χ4n) is 1.50. The second-order valence-electron chi connectivity index (χ2n) is 3.61. The smallest absolute Gasteiger partial charge is 0.123 e. The molecule has 0 aliphatic rings. The molecule has 0 radical (unpaired) electrons. The lowest BCUT2D eigenvalue weighted by molar-refractivity contribution is 0.626. The average Bonchev–Trinajstić information content (AvgIpc) is 2.25. The standard InChI is InChI=1S/C13H13ClFN/c1-3-4-10(8-16)13(14)12-6-5-11(15)7-9(12)2/h5-7H,3-4H2,1-2H3/b13-10-. The third-order valence-electron chi connectivity index (χ3n) is 2.32. The first kappa shape index (κ1) is 12.7. The second-order valence-corrected chi connectivity index (χ2v) is 3.99. The summed E-state index contributed by atoms with van der Waals surface area (Å²) in [5, 5.41) is 9.40. The highest BCUT2D eigenvalue weighted by Crippen LogP contribution is 2.28. The summed E-state index contributed by atoms with van der Waals surface area (Å²) in [6.45, 7) is 3.76. The van der Waals surface area contributed by atoms with Gasteiger partial charge in [0.25, 0.3) is 0 Å². The van der Waals surface area contributed by atoms with Gasteiger partial charge in [-0.2, -0.15) is 5.26 Å². The van der Waals surface area contributed by atoms with Crippen molar-refractivity contribution in [1.82, 2.24) is 0 Å². The molecule has 0 fully saturated rings. The highest BCUT2D eigenvalue weighted by molar-refractivity contribution is 6.49. The molecule has 1 rings (SSSR count). The van der Waals surface area contributed by atoms with E-state index in [9.17, 15) is 4.39 Å². The van der Waals surface area contributed by atoms with Gasteiger partial charge in [0.15, 0.2) is 0 Å². The summed E-state index contributed by atoms with van der Waals surface area (Å²) in [7, 11) is 0. The summed E-state index contributed by atoms with van der Waals surface area (Å²) < 4.78 is 12.9. The van der Waals surface area contributed by atoms with Crippen molar-refractivity contribution in [3.05, 3.63) is 40.7 Å². The number of benzene rings is 1. The lowest BCUT2D eigenvalue weighted by atomic mass is 10.0.